The van der Waals surface area contributed by atoms with Crippen LogP contribution in [0.15, 0.2) is 73.1 Å². The van der Waals surface area contributed by atoms with Gasteiger partial charge in [-0.1, -0.05) is 98.2 Å². The normalized spacial score (nSPS) is 12.1. The highest BCUT2D eigenvalue weighted by Crippen LogP contribution is 2.19. The van der Waals surface area contributed by atoms with Crippen molar-refractivity contribution < 1.29 is 0 Å². The van der Waals surface area contributed by atoms with Crippen molar-refractivity contribution in [3.8, 4) is 22.5 Å². The average molecular weight is 509 g/mol. The predicted octanol–water partition coefficient (Wildman–Crippen LogP) is 5.17. The van der Waals surface area contributed by atoms with Gasteiger partial charge in [-0.15, -0.1) is 0 Å². The van der Waals surface area contributed by atoms with Gasteiger partial charge in [-0.2, -0.15) is 0 Å². The molecule has 0 unspecified atom stereocenters. The van der Waals surface area contributed by atoms with Crippen LogP contribution in [0, 0.1) is 13.8 Å². The molecule has 0 aliphatic carbocycles. The van der Waals surface area contributed by atoms with E-state index >= 15 is 0 Å². The fourth-order valence-corrected chi connectivity index (χ4v) is 9.24. The van der Waals surface area contributed by atoms with E-state index in [9.17, 15) is 0 Å². The number of benzene rings is 2. The zero-order valence-electron chi connectivity index (χ0n) is 22.3. The molecule has 5 heteroatoms. The number of aryl methyl sites for hydroxylation is 2. The maximum Gasteiger partial charge on any atom is 0.121 e. The smallest absolute Gasteiger partial charge is 0.121 e. The van der Waals surface area contributed by atoms with Gasteiger partial charge in [0.2, 0.25) is 0 Å². The lowest BCUT2D eigenvalue weighted by Gasteiger charge is -2.19. The molecule has 0 saturated carbocycles. The van der Waals surface area contributed by atoms with Crippen LogP contribution in [0.3, 0.4) is 0 Å². The van der Waals surface area contributed by atoms with Crippen LogP contribution in [0.25, 0.3) is 22.5 Å². The molecule has 4 aromatic rings. The van der Waals surface area contributed by atoms with Crippen LogP contribution in [0.2, 0.25) is 39.3 Å². The standard InChI is InChI=1S/C30H36N2Si3/c1-21-15-27(31-19-29(21)34(3,4)5)23-11-9-13-25(17-23)33-26-14-10-12-24(18-26)28-16-22(2)30(20-32-28)35(6,7)8/h9-20H,1-8H3. The lowest BCUT2D eigenvalue weighted by Crippen LogP contribution is -2.39. The van der Waals surface area contributed by atoms with Gasteiger partial charge in [-0.3, -0.25) is 9.97 Å². The van der Waals surface area contributed by atoms with Crippen molar-refractivity contribution in [1.29, 1.82) is 0 Å². The molecule has 2 heterocycles. The van der Waals surface area contributed by atoms with Gasteiger partial charge in [0.1, 0.15) is 9.52 Å². The molecule has 2 aromatic heterocycles. The molecule has 0 bridgehead atoms. The van der Waals surface area contributed by atoms with Crippen LogP contribution >= 0.6 is 0 Å². The van der Waals surface area contributed by atoms with Crippen LogP contribution in [0.5, 0.6) is 0 Å². The second-order valence-corrected chi connectivity index (χ2v) is 23.0. The average Bonchev–Trinajstić information content (AvgIpc) is 2.77. The van der Waals surface area contributed by atoms with E-state index < -0.39 is 16.1 Å². The first-order valence-corrected chi connectivity index (χ1v) is 20.3. The summed E-state index contributed by atoms with van der Waals surface area (Å²) in [5.41, 5.74) is 7.22. The van der Waals surface area contributed by atoms with Crippen molar-refractivity contribution >= 4 is 46.4 Å². The fraction of sp³-hybridized carbons (Fsp3) is 0.267. The van der Waals surface area contributed by atoms with Crippen molar-refractivity contribution in [2.24, 2.45) is 0 Å². The van der Waals surface area contributed by atoms with Gasteiger partial charge in [0.25, 0.3) is 0 Å². The number of pyridine rings is 2. The van der Waals surface area contributed by atoms with Crippen molar-refractivity contribution in [3.05, 3.63) is 84.2 Å². The summed E-state index contributed by atoms with van der Waals surface area (Å²) in [7, 11) is -2.17. The Hall–Kier alpha value is -2.61. The molecule has 2 radical (unpaired) electrons. The zero-order valence-corrected chi connectivity index (χ0v) is 25.3. The molecule has 0 N–H and O–H groups in total. The van der Waals surface area contributed by atoms with E-state index in [1.165, 1.54) is 43.0 Å². The molecule has 35 heavy (non-hydrogen) atoms. The fourth-order valence-electron chi connectivity index (χ4n) is 4.68. The molecule has 2 aromatic carbocycles. The topological polar surface area (TPSA) is 25.8 Å². The third-order valence-electron chi connectivity index (χ3n) is 6.44. The summed E-state index contributed by atoms with van der Waals surface area (Å²) in [6, 6.07) is 22.2. The summed E-state index contributed by atoms with van der Waals surface area (Å²) in [6.45, 7) is 18.7. The minimum absolute atomic E-state index is 0.589. The summed E-state index contributed by atoms with van der Waals surface area (Å²) < 4.78 is 0. The molecule has 0 atom stereocenters. The zero-order chi connectivity index (χ0) is 25.4. The van der Waals surface area contributed by atoms with E-state index in [1.807, 2.05) is 0 Å². The van der Waals surface area contributed by atoms with Crippen LogP contribution in [-0.2, 0) is 0 Å². The minimum atomic E-state index is -1.38. The maximum absolute atomic E-state index is 4.84. The molecule has 0 aliphatic rings. The first-order chi connectivity index (χ1) is 16.4. The summed E-state index contributed by atoms with van der Waals surface area (Å²) in [5.74, 6) is 0. The molecule has 0 saturated heterocycles. The Labute approximate surface area is 215 Å². The van der Waals surface area contributed by atoms with E-state index in [-0.39, 0.29) is 0 Å². The van der Waals surface area contributed by atoms with E-state index in [2.05, 4.69) is 126 Å². The number of hydrogen-bond acceptors (Lipinski definition) is 2. The molecule has 0 fully saturated rings. The van der Waals surface area contributed by atoms with Gasteiger partial charge >= 0.3 is 0 Å². The Balaban J connectivity index is 1.59. The number of nitrogens with zero attached hydrogens (tertiary/aromatic N) is 2. The van der Waals surface area contributed by atoms with E-state index in [0.717, 1.165) is 11.4 Å². The van der Waals surface area contributed by atoms with Crippen LogP contribution in [0.4, 0.5) is 0 Å². The Morgan fingerprint density at radius 1 is 0.571 bits per heavy atom. The number of rotatable bonds is 6. The van der Waals surface area contributed by atoms with Crippen molar-refractivity contribution in [2.45, 2.75) is 53.1 Å². The summed E-state index contributed by atoms with van der Waals surface area (Å²) in [5, 5.41) is 5.54. The van der Waals surface area contributed by atoms with Crippen molar-refractivity contribution in [3.63, 3.8) is 0 Å². The summed E-state index contributed by atoms with van der Waals surface area (Å²) >= 11 is 0. The van der Waals surface area contributed by atoms with E-state index in [4.69, 9.17) is 9.97 Å². The van der Waals surface area contributed by atoms with Crippen LogP contribution < -0.4 is 20.7 Å². The van der Waals surface area contributed by atoms with Gasteiger partial charge in [0, 0.05) is 12.4 Å². The number of hydrogen-bond donors (Lipinski definition) is 0. The van der Waals surface area contributed by atoms with Gasteiger partial charge in [-0.25, -0.2) is 0 Å². The Kier molecular flexibility index (Phi) is 7.14. The predicted molar refractivity (Wildman–Crippen MR) is 160 cm³/mol. The lowest BCUT2D eigenvalue weighted by molar-refractivity contribution is 1.30. The van der Waals surface area contributed by atoms with Crippen LogP contribution in [-0.4, -0.2) is 35.6 Å². The molecule has 0 amide bonds. The molecular weight excluding hydrogens is 473 g/mol. The van der Waals surface area contributed by atoms with Crippen LogP contribution in [0.1, 0.15) is 11.1 Å². The van der Waals surface area contributed by atoms with Gasteiger partial charge in [0.05, 0.1) is 27.5 Å². The number of aromatic nitrogens is 2. The second-order valence-electron chi connectivity index (χ2n) is 11.6. The maximum atomic E-state index is 4.84. The Bertz CT molecular complexity index is 1260. The Morgan fingerprint density at radius 2 is 0.971 bits per heavy atom. The lowest BCUT2D eigenvalue weighted by atomic mass is 10.1. The van der Waals surface area contributed by atoms with Crippen molar-refractivity contribution in [1.82, 2.24) is 9.97 Å². The van der Waals surface area contributed by atoms with Gasteiger partial charge in [0.15, 0.2) is 0 Å². The SMILES string of the molecule is Cc1cc(-c2cccc([Si]c3cccc(-c4cc(C)c([Si](C)(C)C)cn4)c3)c2)ncc1[Si](C)(C)C. The molecule has 0 aliphatic heterocycles. The largest absolute Gasteiger partial charge is 0.256 e. The first-order valence-electron chi connectivity index (χ1n) is 12.3. The van der Waals surface area contributed by atoms with E-state index in [0.29, 0.717) is 9.52 Å². The first kappa shape index (κ1) is 25.5. The second kappa shape index (κ2) is 9.80. The van der Waals surface area contributed by atoms with Gasteiger partial charge < -0.3 is 0 Å². The minimum Gasteiger partial charge on any atom is -0.256 e. The Morgan fingerprint density at radius 3 is 1.31 bits per heavy atom. The highest BCUT2D eigenvalue weighted by atomic mass is 28.3. The van der Waals surface area contributed by atoms with Crippen molar-refractivity contribution in [2.75, 3.05) is 0 Å². The quantitative estimate of drug-likeness (QED) is 0.336. The molecule has 0 spiro atoms. The third kappa shape index (κ3) is 5.97. The molecule has 4 rings (SSSR count). The highest BCUT2D eigenvalue weighted by Gasteiger charge is 2.20. The molecular formula is C30H36N2Si3. The monoisotopic (exact) mass is 508 g/mol. The molecule has 2 nitrogen and oxygen atoms in total. The summed E-state index contributed by atoms with van der Waals surface area (Å²) in [4.78, 5) is 9.69. The third-order valence-corrected chi connectivity index (χ3v) is 11.9. The molecule has 178 valence electrons. The van der Waals surface area contributed by atoms with Gasteiger partial charge in [-0.05, 0) is 58.6 Å². The van der Waals surface area contributed by atoms with E-state index in [1.54, 1.807) is 0 Å². The highest BCUT2D eigenvalue weighted by molar-refractivity contribution is 6.89. The summed E-state index contributed by atoms with van der Waals surface area (Å²) in [6.07, 6.45) is 4.22.